The van der Waals surface area contributed by atoms with Crippen LogP contribution in [0.15, 0.2) is 29.7 Å². The van der Waals surface area contributed by atoms with Gasteiger partial charge in [-0.3, -0.25) is 10.6 Å². The van der Waals surface area contributed by atoms with E-state index in [1.54, 1.807) is 0 Å². The molecule has 0 unspecified atom stereocenters. The number of nitrogens with two attached hydrogens (primary N) is 1. The van der Waals surface area contributed by atoms with Gasteiger partial charge in [0, 0.05) is 19.2 Å². The summed E-state index contributed by atoms with van der Waals surface area (Å²) in [5.41, 5.74) is 4.34. The molecule has 0 aromatic heterocycles. The molecule has 0 bridgehead atoms. The number of hydrogen-bond donors (Lipinski definition) is 3. The molecule has 4 N–H and O–H groups in total. The molecule has 1 fully saturated rings. The van der Waals surface area contributed by atoms with Gasteiger partial charge in [-0.05, 0) is 50.9 Å². The van der Waals surface area contributed by atoms with Crippen molar-refractivity contribution in [3.63, 3.8) is 0 Å². The van der Waals surface area contributed by atoms with E-state index < -0.39 is 18.3 Å². The third-order valence-corrected chi connectivity index (χ3v) is 4.50. The number of amides is 1. The quantitative estimate of drug-likeness (QED) is 0.437. The Morgan fingerprint density at radius 3 is 2.42 bits per heavy atom. The molecule has 1 heterocycles. The molecular weight excluding hydrogens is 305 g/mol. The number of hydrogen-bond acceptors (Lipinski definition) is 5. The first-order valence-corrected chi connectivity index (χ1v) is 8.02. The highest BCUT2D eigenvalue weighted by atomic mass is 16.7. The molecule has 1 amide bonds. The molecule has 1 aromatic rings. The second-order valence-electron chi connectivity index (χ2n) is 6.99. The molecule has 7 heteroatoms. The van der Waals surface area contributed by atoms with Gasteiger partial charge in [0.1, 0.15) is 0 Å². The molecule has 0 saturated carbocycles. The Hall–Kier alpha value is -1.83. The fraction of sp³-hybridized carbons (Fsp3) is 0.471. The first-order valence-electron chi connectivity index (χ1n) is 8.02. The van der Waals surface area contributed by atoms with E-state index in [-0.39, 0.29) is 5.91 Å². The summed E-state index contributed by atoms with van der Waals surface area (Å²) in [6.45, 7) is 9.85. The van der Waals surface area contributed by atoms with Gasteiger partial charge in [-0.15, -0.1) is 0 Å². The number of rotatable bonds is 5. The third kappa shape index (κ3) is 4.17. The van der Waals surface area contributed by atoms with Crippen LogP contribution in [-0.2, 0) is 14.1 Å². The largest absolute Gasteiger partial charge is 0.492 e. The first kappa shape index (κ1) is 18.5. The number of nitrogens with one attached hydrogen (secondary N) is 2. The van der Waals surface area contributed by atoms with Crippen molar-refractivity contribution in [3.8, 4) is 0 Å². The maximum absolute atomic E-state index is 11.3. The molecule has 130 valence electrons. The van der Waals surface area contributed by atoms with E-state index >= 15 is 0 Å². The Morgan fingerprint density at radius 2 is 1.88 bits per heavy atom. The van der Waals surface area contributed by atoms with E-state index in [0.29, 0.717) is 6.54 Å². The summed E-state index contributed by atoms with van der Waals surface area (Å²) < 4.78 is 12.2. The molecule has 24 heavy (non-hydrogen) atoms. The molecule has 0 spiro atoms. The lowest BCUT2D eigenvalue weighted by Gasteiger charge is -2.32. The Bertz CT molecular complexity index is 628. The minimum Gasteiger partial charge on any atom is -0.400 e. The van der Waals surface area contributed by atoms with Crippen molar-refractivity contribution in [1.29, 1.82) is 0 Å². The van der Waals surface area contributed by atoms with Crippen molar-refractivity contribution in [2.45, 2.75) is 45.8 Å². The Labute approximate surface area is 143 Å². The maximum atomic E-state index is 11.3. The SMILES string of the molecule is CC(=O)NCC(=Cc1cccc(NN)c1)B1OC(C)(C)C(C)(C)O1. The number of anilines is 1. The topological polar surface area (TPSA) is 85.6 Å². The minimum atomic E-state index is -0.517. The molecule has 0 aliphatic carbocycles. The van der Waals surface area contributed by atoms with Crippen LogP contribution in [0.4, 0.5) is 5.69 Å². The van der Waals surface area contributed by atoms with Crippen LogP contribution in [0.3, 0.4) is 0 Å². The average Bonchev–Trinajstić information content (AvgIpc) is 2.71. The van der Waals surface area contributed by atoms with Gasteiger partial charge in [0.2, 0.25) is 5.91 Å². The number of carbonyl (C=O) groups is 1. The zero-order valence-corrected chi connectivity index (χ0v) is 15.0. The van der Waals surface area contributed by atoms with Gasteiger partial charge in [-0.1, -0.05) is 18.2 Å². The van der Waals surface area contributed by atoms with Crippen LogP contribution in [0.5, 0.6) is 0 Å². The monoisotopic (exact) mass is 331 g/mol. The van der Waals surface area contributed by atoms with Crippen molar-refractivity contribution in [3.05, 3.63) is 35.3 Å². The van der Waals surface area contributed by atoms with E-state index in [9.17, 15) is 4.79 Å². The van der Waals surface area contributed by atoms with Gasteiger partial charge in [-0.25, -0.2) is 0 Å². The average molecular weight is 331 g/mol. The standard InChI is InChI=1S/C17H26BN3O3/c1-12(22)20-11-14(9-13-7-6-8-15(10-13)21-19)18-23-16(2,3)17(4,5)24-18/h6-10,21H,11,19H2,1-5H3,(H,20,22). The maximum Gasteiger partial charge on any atom is 0.492 e. The lowest BCUT2D eigenvalue weighted by molar-refractivity contribution is -0.118. The predicted octanol–water partition coefficient (Wildman–Crippen LogP) is 2.12. The van der Waals surface area contributed by atoms with Crippen LogP contribution in [0.2, 0.25) is 0 Å². The lowest BCUT2D eigenvalue weighted by Crippen LogP contribution is -2.41. The lowest BCUT2D eigenvalue weighted by atomic mass is 9.77. The van der Waals surface area contributed by atoms with Gasteiger partial charge < -0.3 is 20.1 Å². The van der Waals surface area contributed by atoms with Crippen LogP contribution in [0.25, 0.3) is 6.08 Å². The van der Waals surface area contributed by atoms with E-state index in [1.807, 2.05) is 58.0 Å². The van der Waals surface area contributed by atoms with Crippen molar-refractivity contribution in [1.82, 2.24) is 5.32 Å². The molecule has 1 aliphatic heterocycles. The van der Waals surface area contributed by atoms with E-state index in [0.717, 1.165) is 16.7 Å². The van der Waals surface area contributed by atoms with Gasteiger partial charge in [0.15, 0.2) is 0 Å². The minimum absolute atomic E-state index is 0.102. The van der Waals surface area contributed by atoms with Gasteiger partial charge in [0.05, 0.1) is 11.2 Å². The molecule has 0 atom stereocenters. The summed E-state index contributed by atoms with van der Waals surface area (Å²) in [6, 6.07) is 7.65. The van der Waals surface area contributed by atoms with Gasteiger partial charge in [0.25, 0.3) is 0 Å². The van der Waals surface area contributed by atoms with Crippen molar-refractivity contribution < 1.29 is 14.1 Å². The second-order valence-corrected chi connectivity index (χ2v) is 6.99. The van der Waals surface area contributed by atoms with Crippen LogP contribution in [0, 0.1) is 0 Å². The van der Waals surface area contributed by atoms with E-state index in [1.165, 1.54) is 6.92 Å². The smallest absolute Gasteiger partial charge is 0.400 e. The summed E-state index contributed by atoms with van der Waals surface area (Å²) in [6.07, 6.45) is 1.96. The summed E-state index contributed by atoms with van der Waals surface area (Å²) in [7, 11) is -0.517. The first-order chi connectivity index (χ1) is 11.1. The Morgan fingerprint density at radius 1 is 1.25 bits per heavy atom. The van der Waals surface area contributed by atoms with Crippen LogP contribution in [-0.4, -0.2) is 30.8 Å². The van der Waals surface area contributed by atoms with Crippen LogP contribution >= 0.6 is 0 Å². The summed E-state index contributed by atoms with van der Waals surface area (Å²) in [4.78, 5) is 11.3. The molecule has 1 saturated heterocycles. The molecular formula is C17H26BN3O3. The van der Waals surface area contributed by atoms with Gasteiger partial charge >= 0.3 is 7.12 Å². The van der Waals surface area contributed by atoms with E-state index in [2.05, 4.69) is 10.7 Å². The molecule has 1 aromatic carbocycles. The third-order valence-electron chi connectivity index (χ3n) is 4.50. The van der Waals surface area contributed by atoms with Crippen molar-refractivity contribution in [2.24, 2.45) is 5.84 Å². The molecule has 1 aliphatic rings. The fourth-order valence-electron chi connectivity index (χ4n) is 2.36. The molecule has 6 nitrogen and oxygen atoms in total. The van der Waals surface area contributed by atoms with E-state index in [4.69, 9.17) is 15.2 Å². The van der Waals surface area contributed by atoms with Crippen LogP contribution < -0.4 is 16.6 Å². The number of benzene rings is 1. The highest BCUT2D eigenvalue weighted by Gasteiger charge is 2.52. The Kier molecular flexibility index (Phi) is 5.37. The second kappa shape index (κ2) is 6.97. The van der Waals surface area contributed by atoms with Crippen LogP contribution in [0.1, 0.15) is 40.2 Å². The Balaban J connectivity index is 2.31. The van der Waals surface area contributed by atoms with Gasteiger partial charge in [-0.2, -0.15) is 0 Å². The zero-order valence-electron chi connectivity index (χ0n) is 15.0. The van der Waals surface area contributed by atoms with Crippen molar-refractivity contribution in [2.75, 3.05) is 12.0 Å². The number of carbonyl (C=O) groups excluding carboxylic acids is 1. The molecule has 0 radical (unpaired) electrons. The predicted molar refractivity (Wildman–Crippen MR) is 97.0 cm³/mol. The highest BCUT2D eigenvalue weighted by Crippen LogP contribution is 2.38. The zero-order chi connectivity index (χ0) is 18.0. The van der Waals surface area contributed by atoms with Crippen molar-refractivity contribution >= 4 is 24.8 Å². The number of nitrogen functional groups attached to an aromatic ring is 1. The normalized spacial score (nSPS) is 19.2. The molecule has 2 rings (SSSR count). The highest BCUT2D eigenvalue weighted by molar-refractivity contribution is 6.56. The summed E-state index contributed by atoms with van der Waals surface area (Å²) in [5, 5.41) is 2.82. The summed E-state index contributed by atoms with van der Waals surface area (Å²) in [5.74, 6) is 5.36. The fourth-order valence-corrected chi connectivity index (χ4v) is 2.36. The summed E-state index contributed by atoms with van der Waals surface area (Å²) >= 11 is 0. The number of hydrazine groups is 1.